The van der Waals surface area contributed by atoms with Gasteiger partial charge in [-0.25, -0.2) is 4.79 Å². The van der Waals surface area contributed by atoms with Crippen molar-refractivity contribution >= 4 is 5.97 Å². The molecule has 0 atom stereocenters. The maximum absolute atomic E-state index is 12.0. The average molecular weight is 257 g/mol. The van der Waals surface area contributed by atoms with Gasteiger partial charge in [0.05, 0.1) is 12.2 Å². The number of aliphatic hydroxyl groups excluding tert-OH is 1. The number of hydrogen-bond acceptors (Lipinski definition) is 4. The van der Waals surface area contributed by atoms with Crippen LogP contribution in [0.2, 0.25) is 0 Å². The van der Waals surface area contributed by atoms with Gasteiger partial charge in [0, 0.05) is 6.54 Å². The Kier molecular flexibility index (Phi) is 4.28. The van der Waals surface area contributed by atoms with Crippen molar-refractivity contribution in [3.8, 4) is 5.75 Å². The fourth-order valence-corrected chi connectivity index (χ4v) is 1.72. The van der Waals surface area contributed by atoms with Gasteiger partial charge >= 0.3 is 5.97 Å². The fraction of sp³-hybridized carbons (Fsp3) is 0.133. The number of nitrogens with two attached hydrogens (primary N) is 1. The van der Waals surface area contributed by atoms with Gasteiger partial charge in [-0.15, -0.1) is 0 Å². The molecule has 2 aromatic rings. The molecule has 0 aliphatic heterocycles. The summed E-state index contributed by atoms with van der Waals surface area (Å²) in [6, 6.07) is 13.8. The van der Waals surface area contributed by atoms with Gasteiger partial charge in [-0.3, -0.25) is 0 Å². The topological polar surface area (TPSA) is 72.6 Å². The van der Waals surface area contributed by atoms with Crippen LogP contribution in [0.15, 0.2) is 48.5 Å². The number of benzene rings is 2. The van der Waals surface area contributed by atoms with Crippen LogP contribution in [0.25, 0.3) is 0 Å². The first-order valence-corrected chi connectivity index (χ1v) is 5.94. The number of rotatable bonds is 4. The van der Waals surface area contributed by atoms with Gasteiger partial charge in [-0.2, -0.15) is 0 Å². The second-order valence-electron chi connectivity index (χ2n) is 4.05. The van der Waals surface area contributed by atoms with Gasteiger partial charge in [0.2, 0.25) is 0 Å². The molecule has 0 aromatic heterocycles. The lowest BCUT2D eigenvalue weighted by Gasteiger charge is -2.08. The Balaban J connectivity index is 2.16. The second-order valence-corrected chi connectivity index (χ2v) is 4.05. The molecule has 19 heavy (non-hydrogen) atoms. The Morgan fingerprint density at radius 1 is 1.11 bits per heavy atom. The van der Waals surface area contributed by atoms with Crippen molar-refractivity contribution in [2.24, 2.45) is 5.73 Å². The van der Waals surface area contributed by atoms with Crippen LogP contribution in [0.5, 0.6) is 5.75 Å². The third-order valence-electron chi connectivity index (χ3n) is 2.77. The van der Waals surface area contributed by atoms with Crippen LogP contribution in [-0.4, -0.2) is 11.1 Å². The van der Waals surface area contributed by atoms with Gasteiger partial charge in [0.25, 0.3) is 0 Å². The molecule has 0 heterocycles. The number of hydrogen-bond donors (Lipinski definition) is 2. The Bertz CT molecular complexity index is 564. The summed E-state index contributed by atoms with van der Waals surface area (Å²) in [5, 5.41) is 8.94. The zero-order valence-electron chi connectivity index (χ0n) is 10.4. The van der Waals surface area contributed by atoms with Crippen LogP contribution in [0.1, 0.15) is 21.5 Å². The third kappa shape index (κ3) is 3.19. The maximum Gasteiger partial charge on any atom is 0.343 e. The van der Waals surface area contributed by atoms with Crippen molar-refractivity contribution in [1.29, 1.82) is 0 Å². The summed E-state index contributed by atoms with van der Waals surface area (Å²) < 4.78 is 5.27. The predicted octanol–water partition coefficient (Wildman–Crippen LogP) is 1.86. The highest BCUT2D eigenvalue weighted by molar-refractivity contribution is 5.92. The summed E-state index contributed by atoms with van der Waals surface area (Å²) in [5.74, 6) is 0.00632. The smallest absolute Gasteiger partial charge is 0.343 e. The molecule has 0 fully saturated rings. The number of aliphatic hydroxyl groups is 1. The summed E-state index contributed by atoms with van der Waals surface area (Å²) in [7, 11) is 0. The van der Waals surface area contributed by atoms with Gasteiger partial charge < -0.3 is 15.6 Å². The lowest BCUT2D eigenvalue weighted by Crippen LogP contribution is -2.13. The van der Waals surface area contributed by atoms with E-state index in [1.54, 1.807) is 42.5 Å². The molecule has 0 bridgehead atoms. The number of esters is 1. The first-order valence-electron chi connectivity index (χ1n) is 5.94. The SMILES string of the molecule is NCc1ccccc1C(=O)Oc1ccc(CO)cc1. The van der Waals surface area contributed by atoms with Crippen LogP contribution in [0.4, 0.5) is 0 Å². The van der Waals surface area contributed by atoms with E-state index in [0.717, 1.165) is 11.1 Å². The van der Waals surface area contributed by atoms with Gasteiger partial charge in [-0.05, 0) is 29.3 Å². The van der Waals surface area contributed by atoms with Gasteiger partial charge in [-0.1, -0.05) is 30.3 Å². The minimum absolute atomic E-state index is 0.0375. The van der Waals surface area contributed by atoms with Crippen LogP contribution >= 0.6 is 0 Å². The van der Waals surface area contributed by atoms with E-state index < -0.39 is 5.97 Å². The predicted molar refractivity (Wildman–Crippen MR) is 71.7 cm³/mol. The number of carbonyl (C=O) groups is 1. The van der Waals surface area contributed by atoms with Gasteiger partial charge in [0.15, 0.2) is 0 Å². The second kappa shape index (κ2) is 6.13. The highest BCUT2D eigenvalue weighted by Crippen LogP contribution is 2.16. The molecular weight excluding hydrogens is 242 g/mol. The Hall–Kier alpha value is -2.17. The summed E-state index contributed by atoms with van der Waals surface area (Å²) in [6.07, 6.45) is 0. The molecule has 0 radical (unpaired) electrons. The number of ether oxygens (including phenoxy) is 1. The molecule has 2 rings (SSSR count). The molecule has 0 saturated carbocycles. The highest BCUT2D eigenvalue weighted by Gasteiger charge is 2.12. The van der Waals surface area contributed by atoms with E-state index >= 15 is 0 Å². The molecule has 0 amide bonds. The first kappa shape index (κ1) is 13.3. The van der Waals surface area contributed by atoms with E-state index in [0.29, 0.717) is 11.3 Å². The number of carbonyl (C=O) groups excluding carboxylic acids is 1. The lowest BCUT2D eigenvalue weighted by atomic mass is 10.1. The molecule has 0 unspecified atom stereocenters. The van der Waals surface area contributed by atoms with E-state index in [4.69, 9.17) is 15.6 Å². The van der Waals surface area contributed by atoms with E-state index in [1.165, 1.54) is 0 Å². The standard InChI is InChI=1S/C15H15NO3/c16-9-12-3-1-2-4-14(12)15(18)19-13-7-5-11(10-17)6-8-13/h1-8,17H,9-10,16H2. The molecule has 2 aromatic carbocycles. The lowest BCUT2D eigenvalue weighted by molar-refractivity contribution is 0.0733. The van der Waals surface area contributed by atoms with Gasteiger partial charge in [0.1, 0.15) is 5.75 Å². The van der Waals surface area contributed by atoms with E-state index in [9.17, 15) is 4.79 Å². The minimum atomic E-state index is -0.433. The first-order chi connectivity index (χ1) is 9.24. The third-order valence-corrected chi connectivity index (χ3v) is 2.77. The largest absolute Gasteiger partial charge is 0.423 e. The van der Waals surface area contributed by atoms with Crippen molar-refractivity contribution < 1.29 is 14.6 Å². The molecule has 4 nitrogen and oxygen atoms in total. The monoisotopic (exact) mass is 257 g/mol. The van der Waals surface area contributed by atoms with Crippen LogP contribution in [0, 0.1) is 0 Å². The van der Waals surface area contributed by atoms with Crippen molar-refractivity contribution in [1.82, 2.24) is 0 Å². The Morgan fingerprint density at radius 3 is 2.42 bits per heavy atom. The van der Waals surface area contributed by atoms with Crippen LogP contribution < -0.4 is 10.5 Å². The summed E-state index contributed by atoms with van der Waals surface area (Å²) >= 11 is 0. The summed E-state index contributed by atoms with van der Waals surface area (Å²) in [4.78, 5) is 12.0. The Morgan fingerprint density at radius 2 is 1.79 bits per heavy atom. The highest BCUT2D eigenvalue weighted by atomic mass is 16.5. The molecule has 0 aliphatic rings. The molecule has 0 aliphatic carbocycles. The molecular formula is C15H15NO3. The van der Waals surface area contributed by atoms with Crippen molar-refractivity contribution in [2.45, 2.75) is 13.2 Å². The molecule has 98 valence electrons. The Labute approximate surface area is 111 Å². The average Bonchev–Trinajstić information content (AvgIpc) is 2.48. The summed E-state index contributed by atoms with van der Waals surface area (Å²) in [5.41, 5.74) is 7.57. The molecule has 3 N–H and O–H groups in total. The van der Waals surface area contributed by atoms with Crippen molar-refractivity contribution in [2.75, 3.05) is 0 Å². The van der Waals surface area contributed by atoms with Crippen LogP contribution in [-0.2, 0) is 13.2 Å². The molecule has 0 spiro atoms. The quantitative estimate of drug-likeness (QED) is 0.647. The minimum Gasteiger partial charge on any atom is -0.423 e. The normalized spacial score (nSPS) is 10.2. The zero-order valence-corrected chi connectivity index (χ0v) is 10.4. The van der Waals surface area contributed by atoms with E-state index in [-0.39, 0.29) is 13.2 Å². The summed E-state index contributed by atoms with van der Waals surface area (Å²) in [6.45, 7) is 0.249. The van der Waals surface area contributed by atoms with Crippen LogP contribution in [0.3, 0.4) is 0 Å². The van der Waals surface area contributed by atoms with E-state index in [1.807, 2.05) is 6.07 Å². The van der Waals surface area contributed by atoms with E-state index in [2.05, 4.69) is 0 Å². The van der Waals surface area contributed by atoms with Crippen molar-refractivity contribution in [3.05, 3.63) is 65.2 Å². The molecule has 4 heteroatoms. The molecule has 0 saturated heterocycles. The van der Waals surface area contributed by atoms with Crippen molar-refractivity contribution in [3.63, 3.8) is 0 Å². The fourth-order valence-electron chi connectivity index (χ4n) is 1.72. The maximum atomic E-state index is 12.0. The zero-order chi connectivity index (χ0) is 13.7.